The fourth-order valence-electron chi connectivity index (χ4n) is 3.49. The number of carbonyl (C=O) groups excluding carboxylic acids is 2. The zero-order chi connectivity index (χ0) is 18.0. The molecule has 0 saturated carbocycles. The molecule has 2 saturated heterocycles. The van der Waals surface area contributed by atoms with E-state index in [0.717, 1.165) is 26.1 Å². The number of anilines is 1. The Kier molecular flexibility index (Phi) is 5.22. The summed E-state index contributed by atoms with van der Waals surface area (Å²) in [4.78, 5) is 27.6. The van der Waals surface area contributed by atoms with Gasteiger partial charge in [0.2, 0.25) is 0 Å². The Hall–Kier alpha value is -2.15. The fourth-order valence-corrected chi connectivity index (χ4v) is 3.49. The van der Waals surface area contributed by atoms with Gasteiger partial charge in [0.1, 0.15) is 5.82 Å². The van der Waals surface area contributed by atoms with Gasteiger partial charge < -0.3 is 19.9 Å². The highest BCUT2D eigenvalue weighted by Gasteiger charge is 2.33. The summed E-state index contributed by atoms with van der Waals surface area (Å²) in [5.41, 5.74) is 0.370. The second kappa shape index (κ2) is 7.39. The number of urea groups is 1. The van der Waals surface area contributed by atoms with Gasteiger partial charge in [0.15, 0.2) is 0 Å². The van der Waals surface area contributed by atoms with Crippen LogP contribution in [0.15, 0.2) is 18.2 Å². The summed E-state index contributed by atoms with van der Waals surface area (Å²) in [6, 6.07) is 3.84. The zero-order valence-corrected chi connectivity index (χ0v) is 14.6. The van der Waals surface area contributed by atoms with Gasteiger partial charge in [-0.15, -0.1) is 0 Å². The minimum absolute atomic E-state index is 0.0507. The van der Waals surface area contributed by atoms with Crippen LogP contribution in [0.3, 0.4) is 0 Å². The van der Waals surface area contributed by atoms with Gasteiger partial charge in [0.25, 0.3) is 5.91 Å². The third-order valence-corrected chi connectivity index (χ3v) is 5.00. The van der Waals surface area contributed by atoms with Gasteiger partial charge in [-0.3, -0.25) is 4.79 Å². The minimum atomic E-state index is -0.598. The number of likely N-dealkylation sites (tertiary alicyclic amines) is 1. The van der Waals surface area contributed by atoms with E-state index in [4.69, 9.17) is 4.74 Å². The van der Waals surface area contributed by atoms with Crippen LogP contribution in [0, 0.1) is 17.7 Å². The van der Waals surface area contributed by atoms with E-state index < -0.39 is 11.7 Å². The molecule has 2 aliphatic rings. The fraction of sp³-hybridized carbons (Fsp3) is 0.556. The molecule has 2 atom stereocenters. The van der Waals surface area contributed by atoms with Crippen molar-refractivity contribution in [2.75, 3.05) is 45.7 Å². The maximum absolute atomic E-state index is 13.9. The first-order valence-corrected chi connectivity index (χ1v) is 8.60. The summed E-state index contributed by atoms with van der Waals surface area (Å²) in [5, 5.41) is 2.77. The van der Waals surface area contributed by atoms with E-state index in [-0.39, 0.29) is 11.6 Å². The molecule has 1 aromatic carbocycles. The Morgan fingerprint density at radius 3 is 2.76 bits per heavy atom. The molecule has 2 heterocycles. The van der Waals surface area contributed by atoms with Gasteiger partial charge in [-0.05, 0) is 42.9 Å². The first-order valence-electron chi connectivity index (χ1n) is 8.60. The lowest BCUT2D eigenvalue weighted by Gasteiger charge is -2.20. The molecule has 0 radical (unpaired) electrons. The molecule has 0 bridgehead atoms. The van der Waals surface area contributed by atoms with Crippen LogP contribution in [0.1, 0.15) is 23.2 Å². The van der Waals surface area contributed by atoms with E-state index in [2.05, 4.69) is 5.32 Å². The number of nitrogens with one attached hydrogen (secondary N) is 1. The summed E-state index contributed by atoms with van der Waals surface area (Å²) in [5.74, 6) is -0.0180. The number of rotatable bonds is 3. The van der Waals surface area contributed by atoms with Crippen LogP contribution in [0.2, 0.25) is 0 Å². The molecule has 3 amide bonds. The van der Waals surface area contributed by atoms with Gasteiger partial charge in [0.05, 0.1) is 5.56 Å². The maximum Gasteiger partial charge on any atom is 0.321 e. The third-order valence-electron chi connectivity index (χ3n) is 5.00. The zero-order valence-electron chi connectivity index (χ0n) is 14.6. The molecule has 0 unspecified atom stereocenters. The SMILES string of the molecule is CN(C)C(=O)c1cc(NC(=O)N2CC[C@@H]([C@@H]3CCOC3)C2)ccc1F. The summed E-state index contributed by atoms with van der Waals surface area (Å²) in [6.07, 6.45) is 2.04. The molecule has 1 aromatic rings. The van der Waals surface area contributed by atoms with E-state index in [0.29, 0.717) is 30.6 Å². The molecule has 136 valence electrons. The van der Waals surface area contributed by atoms with Crippen LogP contribution >= 0.6 is 0 Å². The van der Waals surface area contributed by atoms with Crippen LogP contribution in [0.5, 0.6) is 0 Å². The van der Waals surface area contributed by atoms with E-state index in [1.807, 2.05) is 0 Å². The Bertz CT molecular complexity index is 659. The number of ether oxygens (including phenoxy) is 1. The molecule has 7 heteroatoms. The molecular weight excluding hydrogens is 325 g/mol. The Balaban J connectivity index is 1.63. The smallest absolute Gasteiger partial charge is 0.321 e. The molecular formula is C18H24FN3O3. The van der Waals surface area contributed by atoms with Gasteiger partial charge >= 0.3 is 6.03 Å². The Morgan fingerprint density at radius 1 is 1.28 bits per heavy atom. The Labute approximate surface area is 146 Å². The molecule has 3 rings (SSSR count). The topological polar surface area (TPSA) is 61.9 Å². The van der Waals surface area contributed by atoms with Crippen molar-refractivity contribution in [3.8, 4) is 0 Å². The highest BCUT2D eigenvalue weighted by atomic mass is 19.1. The second-order valence-electron chi connectivity index (χ2n) is 6.94. The van der Waals surface area contributed by atoms with Crippen molar-refractivity contribution >= 4 is 17.6 Å². The van der Waals surface area contributed by atoms with E-state index in [1.165, 1.54) is 23.1 Å². The van der Waals surface area contributed by atoms with Crippen LogP contribution in [-0.4, -0.2) is 62.1 Å². The quantitative estimate of drug-likeness (QED) is 0.912. The van der Waals surface area contributed by atoms with Crippen molar-refractivity contribution < 1.29 is 18.7 Å². The first-order chi connectivity index (χ1) is 12.0. The monoisotopic (exact) mass is 349 g/mol. The summed E-state index contributed by atoms with van der Waals surface area (Å²) in [7, 11) is 3.12. The van der Waals surface area contributed by atoms with Gasteiger partial charge in [-0.25, -0.2) is 9.18 Å². The van der Waals surface area contributed by atoms with E-state index in [9.17, 15) is 14.0 Å². The van der Waals surface area contributed by atoms with Gasteiger partial charge in [-0.2, -0.15) is 0 Å². The number of benzene rings is 1. The lowest BCUT2D eigenvalue weighted by Crippen LogP contribution is -2.34. The van der Waals surface area contributed by atoms with Crippen LogP contribution in [-0.2, 0) is 4.74 Å². The standard InChI is InChI=1S/C18H24FN3O3/c1-21(2)17(23)15-9-14(3-4-16(15)19)20-18(24)22-7-5-12(10-22)13-6-8-25-11-13/h3-4,9,12-13H,5-8,10-11H2,1-2H3,(H,20,24)/t12-,13-/m1/s1. The predicted molar refractivity (Wildman–Crippen MR) is 92.0 cm³/mol. The molecule has 2 fully saturated rings. The maximum atomic E-state index is 13.9. The normalized spacial score (nSPS) is 22.9. The van der Waals surface area contributed by atoms with Crippen molar-refractivity contribution in [3.05, 3.63) is 29.6 Å². The lowest BCUT2D eigenvalue weighted by molar-refractivity contribution is 0.0823. The highest BCUT2D eigenvalue weighted by molar-refractivity contribution is 5.97. The number of hydrogen-bond donors (Lipinski definition) is 1. The molecule has 0 aliphatic carbocycles. The summed E-state index contributed by atoms with van der Waals surface area (Å²) in [6.45, 7) is 3.02. The van der Waals surface area contributed by atoms with Crippen LogP contribution in [0.4, 0.5) is 14.9 Å². The average molecular weight is 349 g/mol. The van der Waals surface area contributed by atoms with E-state index >= 15 is 0 Å². The number of amides is 3. The number of nitrogens with zero attached hydrogens (tertiary/aromatic N) is 2. The number of hydrogen-bond acceptors (Lipinski definition) is 3. The largest absolute Gasteiger partial charge is 0.381 e. The van der Waals surface area contributed by atoms with Gasteiger partial charge in [0, 0.05) is 46.1 Å². The average Bonchev–Trinajstić information content (AvgIpc) is 3.26. The van der Waals surface area contributed by atoms with E-state index in [1.54, 1.807) is 19.0 Å². The third kappa shape index (κ3) is 3.92. The number of halogens is 1. The Morgan fingerprint density at radius 2 is 2.08 bits per heavy atom. The van der Waals surface area contributed by atoms with Crippen molar-refractivity contribution in [1.29, 1.82) is 0 Å². The molecule has 25 heavy (non-hydrogen) atoms. The van der Waals surface area contributed by atoms with Crippen molar-refractivity contribution in [2.24, 2.45) is 11.8 Å². The molecule has 1 N–H and O–H groups in total. The van der Waals surface area contributed by atoms with Gasteiger partial charge in [-0.1, -0.05) is 0 Å². The molecule has 0 aromatic heterocycles. The molecule has 2 aliphatic heterocycles. The van der Waals surface area contributed by atoms with Crippen molar-refractivity contribution in [2.45, 2.75) is 12.8 Å². The van der Waals surface area contributed by atoms with Crippen LogP contribution in [0.25, 0.3) is 0 Å². The predicted octanol–water partition coefficient (Wildman–Crippen LogP) is 2.42. The molecule has 6 nitrogen and oxygen atoms in total. The highest BCUT2D eigenvalue weighted by Crippen LogP contribution is 2.30. The molecule has 0 spiro atoms. The van der Waals surface area contributed by atoms with Crippen molar-refractivity contribution in [3.63, 3.8) is 0 Å². The van der Waals surface area contributed by atoms with Crippen molar-refractivity contribution in [1.82, 2.24) is 9.80 Å². The minimum Gasteiger partial charge on any atom is -0.381 e. The second-order valence-corrected chi connectivity index (χ2v) is 6.94. The number of carbonyl (C=O) groups is 2. The lowest BCUT2D eigenvalue weighted by atomic mass is 9.91. The van der Waals surface area contributed by atoms with Crippen LogP contribution < -0.4 is 5.32 Å². The summed E-state index contributed by atoms with van der Waals surface area (Å²) < 4.78 is 19.3. The first kappa shape index (κ1) is 17.7. The summed E-state index contributed by atoms with van der Waals surface area (Å²) >= 11 is 0.